The molecule has 0 spiro atoms. The molecule has 0 aliphatic rings. The number of amides is 2. The monoisotopic (exact) mass is 424 g/mol. The summed E-state index contributed by atoms with van der Waals surface area (Å²) in [5.74, 6) is -1.36. The second-order valence-corrected chi connectivity index (χ2v) is 6.57. The molecule has 0 unspecified atom stereocenters. The van der Waals surface area contributed by atoms with Crippen molar-refractivity contribution in [2.24, 2.45) is 0 Å². The highest BCUT2D eigenvalue weighted by molar-refractivity contribution is 6.36. The molecule has 2 aromatic rings. The van der Waals surface area contributed by atoms with Crippen LogP contribution in [0.5, 0.6) is 5.75 Å². The summed E-state index contributed by atoms with van der Waals surface area (Å²) in [6.45, 7) is 1.02. The minimum atomic E-state index is -0.772. The number of ether oxygens (including phenoxy) is 2. The normalized spacial score (nSPS) is 10.1. The molecule has 148 valence electrons. The molecule has 0 aromatic heterocycles. The first-order valence-corrected chi connectivity index (χ1v) is 8.89. The summed E-state index contributed by atoms with van der Waals surface area (Å²) in [7, 11) is 1.49. The first kappa shape index (κ1) is 21.5. The lowest BCUT2D eigenvalue weighted by Gasteiger charge is -2.11. The average molecular weight is 425 g/mol. The molecule has 28 heavy (non-hydrogen) atoms. The molecule has 9 heteroatoms. The van der Waals surface area contributed by atoms with Gasteiger partial charge in [-0.2, -0.15) is 0 Å². The van der Waals surface area contributed by atoms with Crippen LogP contribution in [0.1, 0.15) is 15.9 Å². The Labute approximate surface area is 171 Å². The van der Waals surface area contributed by atoms with Crippen molar-refractivity contribution in [3.63, 3.8) is 0 Å². The van der Waals surface area contributed by atoms with Gasteiger partial charge in [0.25, 0.3) is 5.91 Å². The fourth-order valence-corrected chi connectivity index (χ4v) is 2.69. The van der Waals surface area contributed by atoms with Crippen LogP contribution in [-0.2, 0) is 14.3 Å². The van der Waals surface area contributed by atoms with Gasteiger partial charge in [-0.05, 0) is 42.8 Å². The number of carbonyl (C=O) groups is 3. The maximum atomic E-state index is 12.0. The van der Waals surface area contributed by atoms with Crippen LogP contribution in [0.4, 0.5) is 5.69 Å². The van der Waals surface area contributed by atoms with Gasteiger partial charge in [0.05, 0.1) is 29.9 Å². The molecule has 0 radical (unpaired) electrons. The van der Waals surface area contributed by atoms with E-state index in [1.54, 1.807) is 12.1 Å². The number of benzene rings is 2. The first-order valence-electron chi connectivity index (χ1n) is 8.13. The molecule has 0 aliphatic heterocycles. The summed E-state index contributed by atoms with van der Waals surface area (Å²) < 4.78 is 10.1. The molecule has 7 nitrogen and oxygen atoms in total. The molecular weight excluding hydrogens is 407 g/mol. The Bertz CT molecular complexity index is 902. The summed E-state index contributed by atoms with van der Waals surface area (Å²) in [6.07, 6.45) is 0. The Morgan fingerprint density at radius 1 is 1.04 bits per heavy atom. The fraction of sp³-hybridized carbons (Fsp3) is 0.211. The van der Waals surface area contributed by atoms with Crippen LogP contribution in [0.3, 0.4) is 0 Å². The van der Waals surface area contributed by atoms with Gasteiger partial charge in [-0.3, -0.25) is 9.59 Å². The number of esters is 1. The van der Waals surface area contributed by atoms with Gasteiger partial charge in [0.2, 0.25) is 5.91 Å². The van der Waals surface area contributed by atoms with Crippen LogP contribution < -0.4 is 15.4 Å². The quantitative estimate of drug-likeness (QED) is 0.665. The number of hydrogen-bond acceptors (Lipinski definition) is 5. The molecule has 2 rings (SSSR count). The molecule has 0 saturated heterocycles. The Hall–Kier alpha value is -2.77. The van der Waals surface area contributed by atoms with Gasteiger partial charge < -0.3 is 20.1 Å². The molecule has 0 heterocycles. The summed E-state index contributed by atoms with van der Waals surface area (Å²) in [4.78, 5) is 35.8. The molecule has 2 N–H and O–H groups in total. The second kappa shape index (κ2) is 9.96. The fourth-order valence-electron chi connectivity index (χ4n) is 2.21. The van der Waals surface area contributed by atoms with E-state index in [0.29, 0.717) is 16.5 Å². The number of nitrogens with one attached hydrogen (secondary N) is 2. The van der Waals surface area contributed by atoms with Crippen molar-refractivity contribution in [3.8, 4) is 5.75 Å². The Morgan fingerprint density at radius 3 is 2.46 bits per heavy atom. The number of anilines is 1. The molecule has 0 fully saturated rings. The predicted octanol–water partition coefficient (Wildman–Crippen LogP) is 3.22. The van der Waals surface area contributed by atoms with E-state index in [-0.39, 0.29) is 17.1 Å². The smallest absolute Gasteiger partial charge is 0.340 e. The van der Waals surface area contributed by atoms with Gasteiger partial charge in [0, 0.05) is 5.02 Å². The van der Waals surface area contributed by atoms with Crippen molar-refractivity contribution in [1.82, 2.24) is 5.32 Å². The van der Waals surface area contributed by atoms with E-state index in [1.807, 2.05) is 13.0 Å². The highest BCUT2D eigenvalue weighted by atomic mass is 35.5. The van der Waals surface area contributed by atoms with Crippen LogP contribution in [0.25, 0.3) is 0 Å². The van der Waals surface area contributed by atoms with Crippen molar-refractivity contribution in [1.29, 1.82) is 0 Å². The zero-order chi connectivity index (χ0) is 20.7. The van der Waals surface area contributed by atoms with Crippen molar-refractivity contribution in [3.05, 3.63) is 57.6 Å². The SMILES string of the molecule is COc1ccc(C)cc1NC(=O)CNC(=O)COC(=O)c1ccc(Cl)cc1Cl. The third kappa shape index (κ3) is 6.14. The topological polar surface area (TPSA) is 93.7 Å². The Kier molecular flexibility index (Phi) is 7.66. The lowest BCUT2D eigenvalue weighted by molar-refractivity contribution is -0.126. The summed E-state index contributed by atoms with van der Waals surface area (Å²) in [5.41, 5.74) is 1.52. The molecule has 0 bridgehead atoms. The van der Waals surface area contributed by atoms with Crippen LogP contribution >= 0.6 is 23.2 Å². The van der Waals surface area contributed by atoms with E-state index >= 15 is 0 Å². The third-order valence-corrected chi connectivity index (χ3v) is 4.11. The van der Waals surface area contributed by atoms with Gasteiger partial charge in [0.15, 0.2) is 6.61 Å². The number of rotatable bonds is 7. The van der Waals surface area contributed by atoms with E-state index in [1.165, 1.54) is 25.3 Å². The second-order valence-electron chi connectivity index (χ2n) is 5.73. The number of carbonyl (C=O) groups excluding carboxylic acids is 3. The highest BCUT2D eigenvalue weighted by Crippen LogP contribution is 2.25. The average Bonchev–Trinajstić information content (AvgIpc) is 2.64. The standard InChI is InChI=1S/C19H18Cl2N2O5/c1-11-3-6-16(27-2)15(7-11)23-17(24)9-22-18(25)10-28-19(26)13-5-4-12(20)8-14(13)21/h3-8H,9-10H2,1-2H3,(H,22,25)(H,23,24). The number of halogens is 2. The maximum Gasteiger partial charge on any atom is 0.340 e. The lowest BCUT2D eigenvalue weighted by atomic mass is 10.2. The molecule has 0 atom stereocenters. The van der Waals surface area contributed by atoms with Gasteiger partial charge in [-0.25, -0.2) is 4.79 Å². The van der Waals surface area contributed by atoms with E-state index < -0.39 is 24.4 Å². The molecule has 0 aliphatic carbocycles. The summed E-state index contributed by atoms with van der Waals surface area (Å²) >= 11 is 11.7. The summed E-state index contributed by atoms with van der Waals surface area (Å²) in [6, 6.07) is 9.59. The molecule has 2 amide bonds. The number of aryl methyl sites for hydroxylation is 1. The lowest BCUT2D eigenvalue weighted by Crippen LogP contribution is -2.35. The first-order chi connectivity index (χ1) is 13.3. The van der Waals surface area contributed by atoms with E-state index in [9.17, 15) is 14.4 Å². The van der Waals surface area contributed by atoms with Crippen LogP contribution in [0.15, 0.2) is 36.4 Å². The van der Waals surface area contributed by atoms with Gasteiger partial charge in [-0.15, -0.1) is 0 Å². The van der Waals surface area contributed by atoms with Crippen LogP contribution in [0, 0.1) is 6.92 Å². The van der Waals surface area contributed by atoms with Crippen LogP contribution in [-0.4, -0.2) is 38.0 Å². The molecular formula is C19H18Cl2N2O5. The highest BCUT2D eigenvalue weighted by Gasteiger charge is 2.15. The number of methoxy groups -OCH3 is 1. The van der Waals surface area contributed by atoms with E-state index in [0.717, 1.165) is 5.56 Å². The molecule has 2 aromatic carbocycles. The third-order valence-electron chi connectivity index (χ3n) is 3.56. The summed E-state index contributed by atoms with van der Waals surface area (Å²) in [5, 5.41) is 5.49. The van der Waals surface area contributed by atoms with Crippen molar-refractivity contribution in [2.45, 2.75) is 6.92 Å². The minimum absolute atomic E-state index is 0.0863. The van der Waals surface area contributed by atoms with Gasteiger partial charge in [0.1, 0.15) is 5.75 Å². The van der Waals surface area contributed by atoms with Gasteiger partial charge in [-0.1, -0.05) is 29.3 Å². The number of hydrogen-bond donors (Lipinski definition) is 2. The van der Waals surface area contributed by atoms with E-state index in [2.05, 4.69) is 10.6 Å². The van der Waals surface area contributed by atoms with Crippen molar-refractivity contribution < 1.29 is 23.9 Å². The predicted molar refractivity (Wildman–Crippen MR) is 106 cm³/mol. The minimum Gasteiger partial charge on any atom is -0.495 e. The maximum absolute atomic E-state index is 12.0. The van der Waals surface area contributed by atoms with Crippen molar-refractivity contribution >= 4 is 46.7 Å². The Morgan fingerprint density at radius 2 is 1.79 bits per heavy atom. The largest absolute Gasteiger partial charge is 0.495 e. The van der Waals surface area contributed by atoms with Crippen molar-refractivity contribution in [2.75, 3.05) is 25.6 Å². The Balaban J connectivity index is 1.81. The molecule has 0 saturated carbocycles. The van der Waals surface area contributed by atoms with Gasteiger partial charge >= 0.3 is 5.97 Å². The van der Waals surface area contributed by atoms with E-state index in [4.69, 9.17) is 32.7 Å². The van der Waals surface area contributed by atoms with Crippen LogP contribution in [0.2, 0.25) is 10.0 Å². The zero-order valence-corrected chi connectivity index (χ0v) is 16.7. The zero-order valence-electron chi connectivity index (χ0n) is 15.2.